The van der Waals surface area contributed by atoms with Crippen molar-refractivity contribution in [2.75, 3.05) is 56.2 Å². The maximum atomic E-state index is 11.2. The Kier molecular flexibility index (Phi) is 5.47. The van der Waals surface area contributed by atoms with Crippen LogP contribution in [0.1, 0.15) is 6.92 Å². The van der Waals surface area contributed by atoms with Gasteiger partial charge in [-0.1, -0.05) is 12.1 Å². The summed E-state index contributed by atoms with van der Waals surface area (Å²) in [6.45, 7) is 6.83. The molecule has 0 spiro atoms. The van der Waals surface area contributed by atoms with E-state index in [-0.39, 0.29) is 5.75 Å². The largest absolute Gasteiger partial charge is 0.492 e. The second-order valence-corrected chi connectivity index (χ2v) is 7.62. The van der Waals surface area contributed by atoms with E-state index < -0.39 is 9.84 Å². The van der Waals surface area contributed by atoms with Gasteiger partial charge in [-0.25, -0.2) is 8.42 Å². The highest BCUT2D eigenvalue weighted by atomic mass is 32.2. The zero-order valence-corrected chi connectivity index (χ0v) is 13.6. The van der Waals surface area contributed by atoms with Gasteiger partial charge in [0.15, 0.2) is 0 Å². The third-order valence-corrected chi connectivity index (χ3v) is 4.58. The molecule has 1 saturated heterocycles. The predicted molar refractivity (Wildman–Crippen MR) is 86.0 cm³/mol. The quantitative estimate of drug-likeness (QED) is 0.791. The van der Waals surface area contributed by atoms with Crippen molar-refractivity contribution >= 4 is 15.5 Å². The summed E-state index contributed by atoms with van der Waals surface area (Å²) in [7, 11) is -2.88. The Morgan fingerprint density at radius 1 is 1.14 bits per heavy atom. The Bertz CT molecular complexity index is 552. The van der Waals surface area contributed by atoms with Gasteiger partial charge >= 0.3 is 0 Å². The van der Waals surface area contributed by atoms with Gasteiger partial charge in [0.05, 0.1) is 18.0 Å². The number of sulfone groups is 1. The molecule has 0 unspecified atom stereocenters. The molecule has 0 bridgehead atoms. The average Bonchev–Trinajstić information content (AvgIpc) is 2.46. The van der Waals surface area contributed by atoms with Gasteiger partial charge in [-0.2, -0.15) is 0 Å². The van der Waals surface area contributed by atoms with E-state index >= 15 is 0 Å². The van der Waals surface area contributed by atoms with E-state index in [0.717, 1.165) is 37.6 Å². The van der Waals surface area contributed by atoms with Gasteiger partial charge in [0.25, 0.3) is 0 Å². The summed E-state index contributed by atoms with van der Waals surface area (Å²) in [5, 5.41) is 0. The molecule has 21 heavy (non-hydrogen) atoms. The van der Waals surface area contributed by atoms with Crippen molar-refractivity contribution in [3.8, 4) is 5.75 Å². The second-order valence-electron chi connectivity index (χ2n) is 5.36. The normalized spacial score (nSPS) is 17.0. The predicted octanol–water partition coefficient (Wildman–Crippen LogP) is 1.25. The molecular weight excluding hydrogens is 288 g/mol. The van der Waals surface area contributed by atoms with E-state index in [2.05, 4.69) is 15.9 Å². The van der Waals surface area contributed by atoms with Crippen LogP contribution in [-0.2, 0) is 9.84 Å². The minimum Gasteiger partial charge on any atom is -0.492 e. The molecule has 0 radical (unpaired) electrons. The number of piperazine rings is 1. The Balaban J connectivity index is 1.92. The lowest BCUT2D eigenvalue weighted by Crippen LogP contribution is -2.47. The van der Waals surface area contributed by atoms with Crippen molar-refractivity contribution in [2.24, 2.45) is 0 Å². The molecule has 0 aromatic heterocycles. The van der Waals surface area contributed by atoms with E-state index in [4.69, 9.17) is 4.74 Å². The number of ether oxygens (including phenoxy) is 1. The Hall–Kier alpha value is -1.27. The topological polar surface area (TPSA) is 49.9 Å². The van der Waals surface area contributed by atoms with Crippen LogP contribution in [0.3, 0.4) is 0 Å². The minimum absolute atomic E-state index is 0.239. The lowest BCUT2D eigenvalue weighted by molar-refractivity contribution is 0.270. The molecule has 1 heterocycles. The number of benzene rings is 1. The van der Waals surface area contributed by atoms with Crippen molar-refractivity contribution in [1.29, 1.82) is 0 Å². The van der Waals surface area contributed by atoms with Crippen LogP contribution in [0.4, 0.5) is 5.69 Å². The Labute approximate surface area is 127 Å². The smallest absolute Gasteiger partial charge is 0.148 e. The molecule has 1 aliphatic rings. The van der Waals surface area contributed by atoms with E-state index in [0.29, 0.717) is 13.2 Å². The lowest BCUT2D eigenvalue weighted by Gasteiger charge is -2.36. The summed E-state index contributed by atoms with van der Waals surface area (Å²) >= 11 is 0. The third kappa shape index (κ3) is 4.89. The molecule has 0 atom stereocenters. The molecule has 118 valence electrons. The maximum Gasteiger partial charge on any atom is 0.148 e. The molecule has 1 aromatic rings. The fourth-order valence-corrected chi connectivity index (χ4v) is 3.09. The number of anilines is 1. The first kappa shape index (κ1) is 16.1. The van der Waals surface area contributed by atoms with Gasteiger partial charge in [0, 0.05) is 39.0 Å². The maximum absolute atomic E-state index is 11.2. The van der Waals surface area contributed by atoms with Gasteiger partial charge in [0.1, 0.15) is 15.6 Å². The van der Waals surface area contributed by atoms with Gasteiger partial charge in [-0.3, -0.25) is 4.90 Å². The highest BCUT2D eigenvalue weighted by molar-refractivity contribution is 7.90. The van der Waals surface area contributed by atoms with Crippen LogP contribution in [-0.4, -0.2) is 64.7 Å². The van der Waals surface area contributed by atoms with E-state index in [9.17, 15) is 8.42 Å². The minimum atomic E-state index is -2.88. The van der Waals surface area contributed by atoms with Crippen LogP contribution in [0.15, 0.2) is 24.3 Å². The summed E-state index contributed by atoms with van der Waals surface area (Å²) in [5.74, 6) is 1.16. The highest BCUT2D eigenvalue weighted by Crippen LogP contribution is 2.28. The molecule has 2 rings (SSSR count). The monoisotopic (exact) mass is 312 g/mol. The molecule has 0 N–H and O–H groups in total. The summed E-state index contributed by atoms with van der Waals surface area (Å²) in [5.41, 5.74) is 1.13. The third-order valence-electron chi connectivity index (χ3n) is 3.66. The van der Waals surface area contributed by atoms with Crippen LogP contribution < -0.4 is 9.64 Å². The molecule has 6 heteroatoms. The number of para-hydroxylation sites is 2. The number of nitrogens with zero attached hydrogens (tertiary/aromatic N) is 2. The van der Waals surface area contributed by atoms with Crippen molar-refractivity contribution in [1.82, 2.24) is 4.90 Å². The number of hydrogen-bond donors (Lipinski definition) is 0. The molecule has 5 nitrogen and oxygen atoms in total. The Morgan fingerprint density at radius 3 is 2.43 bits per heavy atom. The molecule has 0 aliphatic carbocycles. The van der Waals surface area contributed by atoms with E-state index in [1.54, 1.807) is 0 Å². The van der Waals surface area contributed by atoms with E-state index in [1.165, 1.54) is 6.26 Å². The van der Waals surface area contributed by atoms with Crippen LogP contribution in [0, 0.1) is 0 Å². The van der Waals surface area contributed by atoms with Gasteiger partial charge < -0.3 is 9.64 Å². The summed E-state index contributed by atoms with van der Waals surface area (Å²) in [6, 6.07) is 8.08. The second kappa shape index (κ2) is 7.13. The first-order chi connectivity index (χ1) is 9.99. The van der Waals surface area contributed by atoms with Crippen LogP contribution >= 0.6 is 0 Å². The molecular formula is C15H24N2O3S. The highest BCUT2D eigenvalue weighted by Gasteiger charge is 2.20. The fourth-order valence-electron chi connectivity index (χ4n) is 2.50. The number of rotatable bonds is 6. The molecule has 1 aliphatic heterocycles. The Morgan fingerprint density at radius 2 is 1.81 bits per heavy atom. The lowest BCUT2D eigenvalue weighted by atomic mass is 10.2. The molecule has 0 amide bonds. The fraction of sp³-hybridized carbons (Fsp3) is 0.600. The van der Waals surface area contributed by atoms with E-state index in [1.807, 2.05) is 25.1 Å². The molecule has 0 saturated carbocycles. The summed E-state index contributed by atoms with van der Waals surface area (Å²) < 4.78 is 28.1. The van der Waals surface area contributed by atoms with Gasteiger partial charge in [-0.15, -0.1) is 0 Å². The summed E-state index contributed by atoms with van der Waals surface area (Å²) in [6.07, 6.45) is 1.29. The summed E-state index contributed by atoms with van der Waals surface area (Å²) in [4.78, 5) is 4.52. The first-order valence-corrected chi connectivity index (χ1v) is 9.42. The van der Waals surface area contributed by atoms with Crippen molar-refractivity contribution in [3.63, 3.8) is 0 Å². The van der Waals surface area contributed by atoms with Crippen LogP contribution in [0.2, 0.25) is 0 Å². The first-order valence-electron chi connectivity index (χ1n) is 7.36. The standard InChI is InChI=1S/C15H24N2O3S/c1-3-20-15-7-5-4-6-14(15)17-10-8-16(9-11-17)12-13-21(2,18)19/h4-7H,3,8-13H2,1-2H3. The zero-order chi connectivity index (χ0) is 15.3. The van der Waals surface area contributed by atoms with Crippen molar-refractivity contribution in [2.45, 2.75) is 6.92 Å². The van der Waals surface area contributed by atoms with Crippen LogP contribution in [0.25, 0.3) is 0 Å². The van der Waals surface area contributed by atoms with Gasteiger partial charge in [-0.05, 0) is 19.1 Å². The van der Waals surface area contributed by atoms with Crippen molar-refractivity contribution in [3.05, 3.63) is 24.3 Å². The molecule has 1 fully saturated rings. The van der Waals surface area contributed by atoms with Gasteiger partial charge in [0.2, 0.25) is 0 Å². The average molecular weight is 312 g/mol. The SMILES string of the molecule is CCOc1ccccc1N1CCN(CCS(C)(=O)=O)CC1. The zero-order valence-electron chi connectivity index (χ0n) is 12.8. The number of hydrogen-bond acceptors (Lipinski definition) is 5. The van der Waals surface area contributed by atoms with Crippen LogP contribution in [0.5, 0.6) is 5.75 Å². The molecule has 1 aromatic carbocycles. The van der Waals surface area contributed by atoms with Crippen molar-refractivity contribution < 1.29 is 13.2 Å².